The van der Waals surface area contributed by atoms with E-state index < -0.39 is 0 Å². The van der Waals surface area contributed by atoms with E-state index >= 15 is 0 Å². The maximum atomic E-state index is 12.0. The van der Waals surface area contributed by atoms with E-state index in [9.17, 15) is 4.79 Å². The molecule has 2 heterocycles. The van der Waals surface area contributed by atoms with Gasteiger partial charge in [-0.2, -0.15) is 0 Å². The molecule has 4 aromatic rings. The zero-order valence-electron chi connectivity index (χ0n) is 14.9. The number of nitrogens with zero attached hydrogens (tertiary/aromatic N) is 3. The van der Waals surface area contributed by atoms with Gasteiger partial charge in [0.1, 0.15) is 12.1 Å². The Morgan fingerprint density at radius 2 is 1.86 bits per heavy atom. The van der Waals surface area contributed by atoms with Crippen LogP contribution >= 0.6 is 11.6 Å². The molecule has 4 rings (SSSR count). The Balaban J connectivity index is 1.38. The zero-order valence-corrected chi connectivity index (χ0v) is 15.7. The summed E-state index contributed by atoms with van der Waals surface area (Å²) in [6.07, 6.45) is 6.77. The molecular weight excluding hydrogens is 372 g/mol. The third-order valence-electron chi connectivity index (χ3n) is 4.27. The Morgan fingerprint density at radius 1 is 1.04 bits per heavy atom. The van der Waals surface area contributed by atoms with Gasteiger partial charge in [0.25, 0.3) is 0 Å². The van der Waals surface area contributed by atoms with Gasteiger partial charge in [0.15, 0.2) is 0 Å². The Bertz CT molecular complexity index is 1130. The topological polar surface area (TPSA) is 59.8 Å². The monoisotopic (exact) mass is 388 g/mol. The lowest BCUT2D eigenvalue weighted by Crippen LogP contribution is -2.20. The van der Waals surface area contributed by atoms with Crippen LogP contribution in [0.25, 0.3) is 22.9 Å². The van der Waals surface area contributed by atoms with Crippen molar-refractivity contribution in [2.75, 3.05) is 0 Å². The molecule has 1 amide bonds. The van der Waals surface area contributed by atoms with Gasteiger partial charge in [-0.1, -0.05) is 41.9 Å². The second-order valence-corrected chi connectivity index (χ2v) is 6.67. The van der Waals surface area contributed by atoms with Crippen LogP contribution < -0.4 is 5.32 Å². The molecule has 0 aliphatic carbocycles. The molecule has 0 saturated carbocycles. The minimum Gasteiger partial charge on any atom is -0.348 e. The fraction of sp³-hybridized carbons (Fsp3) is 0.0455. The highest BCUT2D eigenvalue weighted by Gasteiger charge is 2.05. The summed E-state index contributed by atoms with van der Waals surface area (Å²) in [5.74, 6) is 0.617. The van der Waals surface area contributed by atoms with E-state index in [1.54, 1.807) is 30.7 Å². The van der Waals surface area contributed by atoms with E-state index in [1.165, 1.54) is 6.08 Å². The predicted octanol–water partition coefficient (Wildman–Crippen LogP) is 4.40. The SMILES string of the molecule is O=C(/C=C/c1ccc(Cl)cc1)NCc1ccc(-n2cnc3ccccc32)nc1. The minimum atomic E-state index is -0.167. The Morgan fingerprint density at radius 3 is 2.64 bits per heavy atom. The first-order valence-corrected chi connectivity index (χ1v) is 9.16. The molecule has 0 unspecified atom stereocenters. The van der Waals surface area contributed by atoms with Crippen LogP contribution in [0.15, 0.2) is 79.3 Å². The van der Waals surface area contributed by atoms with E-state index in [2.05, 4.69) is 15.3 Å². The molecule has 0 atom stereocenters. The molecule has 0 fully saturated rings. The van der Waals surface area contributed by atoms with Gasteiger partial charge < -0.3 is 5.32 Å². The molecule has 0 bridgehead atoms. The number of hydrogen-bond acceptors (Lipinski definition) is 3. The van der Waals surface area contributed by atoms with Crippen molar-refractivity contribution in [2.45, 2.75) is 6.54 Å². The van der Waals surface area contributed by atoms with E-state index in [4.69, 9.17) is 11.6 Å². The lowest BCUT2D eigenvalue weighted by Gasteiger charge is -2.06. The Labute approximate surface area is 167 Å². The van der Waals surface area contributed by atoms with Gasteiger partial charge in [-0.05, 0) is 47.5 Å². The number of rotatable bonds is 5. The number of nitrogens with one attached hydrogen (secondary N) is 1. The van der Waals surface area contributed by atoms with Crippen molar-refractivity contribution < 1.29 is 4.79 Å². The van der Waals surface area contributed by atoms with Crippen LogP contribution in [0.2, 0.25) is 5.02 Å². The predicted molar refractivity (Wildman–Crippen MR) is 111 cm³/mol. The standard InChI is InChI=1S/C22H17ClN4O/c23-18-9-5-16(6-10-18)8-12-22(28)25-14-17-7-11-21(24-13-17)27-15-26-19-3-1-2-4-20(19)27/h1-13,15H,14H2,(H,25,28)/b12-8+. The van der Waals surface area contributed by atoms with Crippen molar-refractivity contribution in [1.82, 2.24) is 19.9 Å². The van der Waals surface area contributed by atoms with Crippen LogP contribution in [0.5, 0.6) is 0 Å². The highest BCUT2D eigenvalue weighted by atomic mass is 35.5. The number of aromatic nitrogens is 3. The van der Waals surface area contributed by atoms with Gasteiger partial charge in [-0.15, -0.1) is 0 Å². The second-order valence-electron chi connectivity index (χ2n) is 6.23. The normalized spacial score (nSPS) is 11.2. The molecule has 5 nitrogen and oxygen atoms in total. The molecule has 0 aliphatic heterocycles. The van der Waals surface area contributed by atoms with Crippen LogP contribution in [-0.4, -0.2) is 20.4 Å². The first-order chi connectivity index (χ1) is 13.7. The highest BCUT2D eigenvalue weighted by molar-refractivity contribution is 6.30. The molecule has 138 valence electrons. The van der Waals surface area contributed by atoms with Gasteiger partial charge in [-0.3, -0.25) is 9.36 Å². The number of carbonyl (C=O) groups is 1. The summed E-state index contributed by atoms with van der Waals surface area (Å²) in [6, 6.07) is 19.1. The van der Waals surface area contributed by atoms with Crippen molar-refractivity contribution >= 4 is 34.6 Å². The number of carbonyl (C=O) groups excluding carboxylic acids is 1. The number of imidazole rings is 1. The van der Waals surface area contributed by atoms with Gasteiger partial charge in [0.2, 0.25) is 5.91 Å². The van der Waals surface area contributed by atoms with E-state index in [0.717, 1.165) is 28.0 Å². The van der Waals surface area contributed by atoms with Gasteiger partial charge in [-0.25, -0.2) is 9.97 Å². The van der Waals surface area contributed by atoms with Gasteiger partial charge in [0.05, 0.1) is 11.0 Å². The molecule has 1 N–H and O–H groups in total. The summed E-state index contributed by atoms with van der Waals surface area (Å²) >= 11 is 5.85. The summed E-state index contributed by atoms with van der Waals surface area (Å²) in [7, 11) is 0. The van der Waals surface area contributed by atoms with Crippen LogP contribution in [0.4, 0.5) is 0 Å². The van der Waals surface area contributed by atoms with Crippen molar-refractivity contribution in [3.63, 3.8) is 0 Å². The average molecular weight is 389 g/mol. The fourth-order valence-electron chi connectivity index (χ4n) is 2.80. The Hall–Kier alpha value is -3.44. The van der Waals surface area contributed by atoms with Crippen molar-refractivity contribution in [1.29, 1.82) is 0 Å². The number of hydrogen-bond donors (Lipinski definition) is 1. The second kappa shape index (κ2) is 8.06. The summed E-state index contributed by atoms with van der Waals surface area (Å²) in [6.45, 7) is 0.405. The van der Waals surface area contributed by atoms with Gasteiger partial charge in [0, 0.05) is 23.8 Å². The number of halogens is 1. The molecule has 28 heavy (non-hydrogen) atoms. The lowest BCUT2D eigenvalue weighted by atomic mass is 10.2. The third kappa shape index (κ3) is 4.10. The Kier molecular flexibility index (Phi) is 5.17. The van der Waals surface area contributed by atoms with Crippen LogP contribution in [0.3, 0.4) is 0 Å². The van der Waals surface area contributed by atoms with Crippen molar-refractivity contribution in [3.05, 3.63) is 95.4 Å². The quantitative estimate of drug-likeness (QED) is 0.515. The highest BCUT2D eigenvalue weighted by Crippen LogP contribution is 2.16. The molecule has 6 heteroatoms. The molecular formula is C22H17ClN4O. The summed E-state index contributed by atoms with van der Waals surface area (Å²) in [5.41, 5.74) is 3.76. The lowest BCUT2D eigenvalue weighted by molar-refractivity contribution is -0.116. The molecule has 2 aromatic carbocycles. The molecule has 2 aromatic heterocycles. The molecule has 0 saturated heterocycles. The number of fused-ring (bicyclic) bond motifs is 1. The fourth-order valence-corrected chi connectivity index (χ4v) is 2.93. The smallest absolute Gasteiger partial charge is 0.244 e. The maximum Gasteiger partial charge on any atom is 0.244 e. The van der Waals surface area contributed by atoms with Crippen molar-refractivity contribution in [3.8, 4) is 5.82 Å². The molecule has 0 spiro atoms. The number of para-hydroxylation sites is 2. The summed E-state index contributed by atoms with van der Waals surface area (Å²) in [5, 5.41) is 3.52. The summed E-state index contributed by atoms with van der Waals surface area (Å²) in [4.78, 5) is 20.9. The first kappa shape index (κ1) is 17.9. The largest absolute Gasteiger partial charge is 0.348 e. The number of amides is 1. The first-order valence-electron chi connectivity index (χ1n) is 8.78. The number of benzene rings is 2. The van der Waals surface area contributed by atoms with Crippen LogP contribution in [0, 0.1) is 0 Å². The number of pyridine rings is 1. The minimum absolute atomic E-state index is 0.167. The van der Waals surface area contributed by atoms with Gasteiger partial charge >= 0.3 is 0 Å². The van der Waals surface area contributed by atoms with E-state index in [1.807, 2.05) is 53.1 Å². The van der Waals surface area contributed by atoms with Crippen molar-refractivity contribution in [2.24, 2.45) is 0 Å². The summed E-state index contributed by atoms with van der Waals surface area (Å²) < 4.78 is 1.94. The van der Waals surface area contributed by atoms with Crippen LogP contribution in [0.1, 0.15) is 11.1 Å². The van der Waals surface area contributed by atoms with E-state index in [0.29, 0.717) is 11.6 Å². The average Bonchev–Trinajstić information content (AvgIpc) is 3.16. The molecule has 0 aliphatic rings. The third-order valence-corrected chi connectivity index (χ3v) is 4.53. The van der Waals surface area contributed by atoms with E-state index in [-0.39, 0.29) is 5.91 Å². The zero-order chi connectivity index (χ0) is 19.3. The maximum absolute atomic E-state index is 12.0. The molecule has 0 radical (unpaired) electrons. The van der Waals surface area contributed by atoms with Crippen LogP contribution in [-0.2, 0) is 11.3 Å².